The molecule has 0 unspecified atom stereocenters. The summed E-state index contributed by atoms with van der Waals surface area (Å²) in [4.78, 5) is 11.5. The fourth-order valence-corrected chi connectivity index (χ4v) is 3.56. The Morgan fingerprint density at radius 3 is 2.69 bits per heavy atom. The van der Waals surface area contributed by atoms with Crippen LogP contribution < -0.4 is 10.5 Å². The monoisotopic (exact) mass is 374 g/mol. The van der Waals surface area contributed by atoms with Gasteiger partial charge in [-0.3, -0.25) is 4.57 Å². The fraction of sp³-hybridized carbons (Fsp3) is 0.118. The van der Waals surface area contributed by atoms with Crippen molar-refractivity contribution in [1.82, 2.24) is 9.29 Å². The van der Waals surface area contributed by atoms with Gasteiger partial charge >= 0.3 is 5.76 Å². The van der Waals surface area contributed by atoms with Crippen LogP contribution in [0.1, 0.15) is 5.76 Å². The number of fused-ring (bicyclic) bond motifs is 1. The van der Waals surface area contributed by atoms with Gasteiger partial charge in [-0.25, -0.2) is 17.9 Å². The first-order valence-corrected chi connectivity index (χ1v) is 9.14. The predicted molar refractivity (Wildman–Crippen MR) is 91.9 cm³/mol. The number of nitrogens with one attached hydrogen (secondary N) is 1. The van der Waals surface area contributed by atoms with Crippen molar-refractivity contribution in [3.63, 3.8) is 0 Å². The SMILES string of the molecule is Cn1c(=O)oc2ccc(S(=O)(=O)NCc3ccc(-c4ccco4)o3)cc21. The van der Waals surface area contributed by atoms with Gasteiger partial charge < -0.3 is 13.3 Å². The summed E-state index contributed by atoms with van der Waals surface area (Å²) in [7, 11) is -2.28. The summed E-state index contributed by atoms with van der Waals surface area (Å²) in [6.07, 6.45) is 1.53. The molecule has 0 amide bonds. The molecule has 3 aromatic heterocycles. The first kappa shape index (κ1) is 16.4. The second-order valence-electron chi connectivity index (χ2n) is 5.62. The molecule has 0 spiro atoms. The van der Waals surface area contributed by atoms with Crippen LogP contribution >= 0.6 is 0 Å². The van der Waals surface area contributed by atoms with Gasteiger partial charge in [-0.15, -0.1) is 0 Å². The molecule has 0 saturated carbocycles. The van der Waals surface area contributed by atoms with E-state index in [0.29, 0.717) is 28.4 Å². The molecule has 0 aliphatic carbocycles. The third kappa shape index (κ3) is 2.87. The highest BCUT2D eigenvalue weighted by molar-refractivity contribution is 7.89. The van der Waals surface area contributed by atoms with Crippen molar-refractivity contribution >= 4 is 21.1 Å². The minimum Gasteiger partial charge on any atom is -0.461 e. The van der Waals surface area contributed by atoms with Gasteiger partial charge in [-0.05, 0) is 42.5 Å². The number of hydrogen-bond donors (Lipinski definition) is 1. The van der Waals surface area contributed by atoms with Crippen LogP contribution in [-0.2, 0) is 23.6 Å². The van der Waals surface area contributed by atoms with E-state index >= 15 is 0 Å². The maximum Gasteiger partial charge on any atom is 0.419 e. The highest BCUT2D eigenvalue weighted by atomic mass is 32.2. The second-order valence-corrected chi connectivity index (χ2v) is 7.39. The van der Waals surface area contributed by atoms with Gasteiger partial charge in [-0.1, -0.05) is 0 Å². The lowest BCUT2D eigenvalue weighted by Gasteiger charge is -2.05. The van der Waals surface area contributed by atoms with Crippen LogP contribution in [0, 0.1) is 0 Å². The number of aryl methyl sites for hydroxylation is 1. The molecule has 8 nitrogen and oxygen atoms in total. The van der Waals surface area contributed by atoms with Gasteiger partial charge in [0.15, 0.2) is 17.1 Å². The van der Waals surface area contributed by atoms with Crippen LogP contribution in [0.2, 0.25) is 0 Å². The van der Waals surface area contributed by atoms with Crippen LogP contribution in [0.15, 0.2) is 71.7 Å². The lowest BCUT2D eigenvalue weighted by atomic mass is 10.3. The molecule has 1 N–H and O–H groups in total. The molecule has 0 radical (unpaired) electrons. The minimum atomic E-state index is -3.79. The zero-order valence-corrected chi connectivity index (χ0v) is 14.4. The molecular formula is C17H14N2O6S. The van der Waals surface area contributed by atoms with E-state index in [1.165, 1.54) is 36.1 Å². The molecule has 0 saturated heterocycles. The Morgan fingerprint density at radius 1 is 1.08 bits per heavy atom. The number of rotatable bonds is 5. The molecule has 0 aliphatic rings. The summed E-state index contributed by atoms with van der Waals surface area (Å²) in [5.74, 6) is 0.963. The Kier molecular flexibility index (Phi) is 3.82. The maximum atomic E-state index is 12.5. The number of oxazole rings is 1. The molecule has 1 aromatic carbocycles. The van der Waals surface area contributed by atoms with E-state index in [0.717, 1.165) is 0 Å². The predicted octanol–water partition coefficient (Wildman–Crippen LogP) is 2.46. The fourth-order valence-electron chi connectivity index (χ4n) is 2.55. The van der Waals surface area contributed by atoms with Crippen molar-refractivity contribution in [2.45, 2.75) is 11.4 Å². The minimum absolute atomic E-state index is 0.0224. The average molecular weight is 374 g/mol. The number of benzene rings is 1. The number of sulfonamides is 1. The van der Waals surface area contributed by atoms with Crippen LogP contribution in [0.25, 0.3) is 22.6 Å². The van der Waals surface area contributed by atoms with Crippen molar-refractivity contribution in [3.8, 4) is 11.5 Å². The smallest absolute Gasteiger partial charge is 0.419 e. The molecule has 26 heavy (non-hydrogen) atoms. The third-order valence-corrected chi connectivity index (χ3v) is 5.33. The molecule has 4 aromatic rings. The van der Waals surface area contributed by atoms with Gasteiger partial charge in [-0.2, -0.15) is 0 Å². The van der Waals surface area contributed by atoms with Crippen molar-refractivity contribution in [1.29, 1.82) is 0 Å². The number of furan rings is 2. The van der Waals surface area contributed by atoms with Crippen molar-refractivity contribution in [3.05, 3.63) is 65.0 Å². The Balaban J connectivity index is 1.56. The Labute approximate surface area is 147 Å². The highest BCUT2D eigenvalue weighted by Gasteiger charge is 2.18. The Bertz CT molecular complexity index is 1230. The molecule has 0 atom stereocenters. The van der Waals surface area contributed by atoms with E-state index in [1.54, 1.807) is 24.3 Å². The molecule has 134 valence electrons. The van der Waals surface area contributed by atoms with Crippen molar-refractivity contribution < 1.29 is 21.7 Å². The van der Waals surface area contributed by atoms with Gasteiger partial charge in [0.25, 0.3) is 0 Å². The maximum absolute atomic E-state index is 12.5. The number of hydrogen-bond acceptors (Lipinski definition) is 6. The topological polar surface area (TPSA) is 108 Å². The van der Waals surface area contributed by atoms with E-state index in [2.05, 4.69) is 4.72 Å². The van der Waals surface area contributed by atoms with E-state index < -0.39 is 15.8 Å². The van der Waals surface area contributed by atoms with E-state index in [4.69, 9.17) is 13.3 Å². The molecular weight excluding hydrogens is 360 g/mol. The molecule has 9 heteroatoms. The van der Waals surface area contributed by atoms with Crippen LogP contribution in [-0.4, -0.2) is 13.0 Å². The molecule has 3 heterocycles. The highest BCUT2D eigenvalue weighted by Crippen LogP contribution is 2.23. The summed E-state index contributed by atoms with van der Waals surface area (Å²) in [6, 6.07) is 11.1. The molecule has 0 aliphatic heterocycles. The van der Waals surface area contributed by atoms with E-state index in [9.17, 15) is 13.2 Å². The molecule has 0 bridgehead atoms. The van der Waals surface area contributed by atoms with Gasteiger partial charge in [0.1, 0.15) is 5.76 Å². The number of aromatic nitrogens is 1. The van der Waals surface area contributed by atoms with Gasteiger partial charge in [0, 0.05) is 7.05 Å². The summed E-state index contributed by atoms with van der Waals surface area (Å²) in [6.45, 7) is -0.0224. The largest absolute Gasteiger partial charge is 0.461 e. The van der Waals surface area contributed by atoms with Crippen molar-refractivity contribution in [2.75, 3.05) is 0 Å². The lowest BCUT2D eigenvalue weighted by Crippen LogP contribution is -2.23. The lowest BCUT2D eigenvalue weighted by molar-refractivity contribution is 0.485. The van der Waals surface area contributed by atoms with Crippen LogP contribution in [0.4, 0.5) is 0 Å². The third-order valence-electron chi connectivity index (χ3n) is 3.94. The average Bonchev–Trinajstić information content (AvgIpc) is 3.34. The zero-order chi connectivity index (χ0) is 18.3. The normalized spacial score (nSPS) is 12.0. The number of nitrogens with zero attached hydrogens (tertiary/aromatic N) is 1. The summed E-state index contributed by atoms with van der Waals surface area (Å²) in [5.41, 5.74) is 0.724. The van der Waals surface area contributed by atoms with Gasteiger partial charge in [0.05, 0.1) is 23.2 Å². The van der Waals surface area contributed by atoms with Crippen LogP contribution in [0.5, 0.6) is 0 Å². The summed E-state index contributed by atoms with van der Waals surface area (Å²) in [5, 5.41) is 0. The van der Waals surface area contributed by atoms with Crippen molar-refractivity contribution in [2.24, 2.45) is 7.05 Å². The van der Waals surface area contributed by atoms with E-state index in [1.807, 2.05) is 0 Å². The van der Waals surface area contributed by atoms with E-state index in [-0.39, 0.29) is 11.4 Å². The summed E-state index contributed by atoms with van der Waals surface area (Å²) >= 11 is 0. The molecule has 0 fully saturated rings. The summed E-state index contributed by atoms with van der Waals surface area (Å²) < 4.78 is 44.5. The quantitative estimate of drug-likeness (QED) is 0.575. The zero-order valence-electron chi connectivity index (χ0n) is 13.6. The first-order chi connectivity index (χ1) is 12.4. The Hall–Kier alpha value is -3.04. The second kappa shape index (κ2) is 6.04. The molecule has 4 rings (SSSR count). The Morgan fingerprint density at radius 2 is 1.92 bits per heavy atom. The van der Waals surface area contributed by atoms with Crippen LogP contribution in [0.3, 0.4) is 0 Å². The first-order valence-electron chi connectivity index (χ1n) is 7.66. The standard InChI is InChI=1S/C17H14N2O6S/c1-19-13-9-12(5-7-14(13)25-17(19)20)26(21,22)18-10-11-4-6-16(24-11)15-3-2-8-23-15/h2-9,18H,10H2,1H3. The van der Waals surface area contributed by atoms with Gasteiger partial charge in [0.2, 0.25) is 10.0 Å².